The summed E-state index contributed by atoms with van der Waals surface area (Å²) in [7, 11) is 0. The molecule has 0 saturated carbocycles. The molecule has 10 heteroatoms. The lowest BCUT2D eigenvalue weighted by molar-refractivity contribution is -0.176. The minimum absolute atomic E-state index is 0.161. The van der Waals surface area contributed by atoms with Crippen LogP contribution in [0.15, 0.2) is 42.5 Å². The second kappa shape index (κ2) is 10.7. The number of halogens is 5. The molecule has 33 heavy (non-hydrogen) atoms. The van der Waals surface area contributed by atoms with Crippen LogP contribution in [-0.4, -0.2) is 42.6 Å². The minimum atomic E-state index is -4.37. The van der Waals surface area contributed by atoms with Crippen LogP contribution in [0.2, 0.25) is 0 Å². The van der Waals surface area contributed by atoms with Gasteiger partial charge in [0.25, 0.3) is 5.91 Å². The Morgan fingerprint density at radius 2 is 1.64 bits per heavy atom. The number of alkyl halides is 3. The topological polar surface area (TPSA) is 58.6 Å². The standard InChI is InChI=1S/C23H23F5N2O3/c24-18-5-6-19(20(25)11-18)22(32)30-9-7-17(8-10-30)21(31)29-12-15-1-3-16(4-2-15)13-33-14-23(26,27)28/h1-6,11,17H,7-10,12-14H2,(H,29,31). The highest BCUT2D eigenvalue weighted by Gasteiger charge is 2.29. The molecule has 0 spiro atoms. The Morgan fingerprint density at radius 1 is 1.00 bits per heavy atom. The van der Waals surface area contributed by atoms with Gasteiger partial charge in [0.2, 0.25) is 5.91 Å². The lowest BCUT2D eigenvalue weighted by atomic mass is 9.95. The second-order valence-electron chi connectivity index (χ2n) is 7.83. The van der Waals surface area contributed by atoms with E-state index in [4.69, 9.17) is 0 Å². The predicted molar refractivity (Wildman–Crippen MR) is 109 cm³/mol. The number of hydrogen-bond acceptors (Lipinski definition) is 3. The largest absolute Gasteiger partial charge is 0.411 e. The number of carbonyl (C=O) groups is 2. The van der Waals surface area contributed by atoms with E-state index in [0.29, 0.717) is 24.5 Å². The Bertz CT molecular complexity index is 971. The van der Waals surface area contributed by atoms with E-state index in [1.807, 2.05) is 0 Å². The molecule has 1 N–H and O–H groups in total. The van der Waals surface area contributed by atoms with E-state index in [0.717, 1.165) is 17.7 Å². The van der Waals surface area contributed by atoms with Gasteiger partial charge in [-0.3, -0.25) is 9.59 Å². The lowest BCUT2D eigenvalue weighted by Gasteiger charge is -2.31. The van der Waals surface area contributed by atoms with Gasteiger partial charge in [0.15, 0.2) is 0 Å². The van der Waals surface area contributed by atoms with Crippen LogP contribution >= 0.6 is 0 Å². The zero-order chi connectivity index (χ0) is 24.0. The van der Waals surface area contributed by atoms with Crippen LogP contribution in [0.1, 0.15) is 34.3 Å². The molecule has 0 aromatic heterocycles. The van der Waals surface area contributed by atoms with Gasteiger partial charge >= 0.3 is 6.18 Å². The summed E-state index contributed by atoms with van der Waals surface area (Å²) in [6.45, 7) is -0.664. The van der Waals surface area contributed by atoms with E-state index < -0.39 is 30.3 Å². The molecule has 1 aliphatic rings. The molecule has 1 fully saturated rings. The molecule has 2 aromatic carbocycles. The third kappa shape index (κ3) is 7.24. The fraction of sp³-hybridized carbons (Fsp3) is 0.391. The summed E-state index contributed by atoms with van der Waals surface area (Å²) in [5.41, 5.74) is 1.16. The summed E-state index contributed by atoms with van der Waals surface area (Å²) in [5, 5.41) is 2.82. The highest BCUT2D eigenvalue weighted by Crippen LogP contribution is 2.21. The second-order valence-corrected chi connectivity index (χ2v) is 7.83. The lowest BCUT2D eigenvalue weighted by Crippen LogP contribution is -2.43. The van der Waals surface area contributed by atoms with Crippen LogP contribution in [-0.2, 0) is 22.7 Å². The molecule has 0 atom stereocenters. The van der Waals surface area contributed by atoms with Crippen molar-refractivity contribution in [3.05, 3.63) is 70.8 Å². The number of carbonyl (C=O) groups excluding carboxylic acids is 2. The van der Waals surface area contributed by atoms with Crippen LogP contribution in [0.3, 0.4) is 0 Å². The average Bonchev–Trinajstić information content (AvgIpc) is 2.77. The molecular weight excluding hydrogens is 447 g/mol. The Balaban J connectivity index is 1.42. The molecule has 178 valence electrons. The monoisotopic (exact) mass is 470 g/mol. The number of amides is 2. The first kappa shape index (κ1) is 24.6. The number of ether oxygens (including phenoxy) is 1. The summed E-state index contributed by atoms with van der Waals surface area (Å²) in [6, 6.07) is 9.47. The Hall–Kier alpha value is -3.01. The van der Waals surface area contributed by atoms with Crippen molar-refractivity contribution < 1.29 is 36.3 Å². The number of piperidine rings is 1. The van der Waals surface area contributed by atoms with Crippen LogP contribution in [0.5, 0.6) is 0 Å². The fourth-order valence-electron chi connectivity index (χ4n) is 3.55. The molecule has 5 nitrogen and oxygen atoms in total. The fourth-order valence-corrected chi connectivity index (χ4v) is 3.55. The van der Waals surface area contributed by atoms with Gasteiger partial charge in [0.05, 0.1) is 12.2 Å². The quantitative estimate of drug-likeness (QED) is 0.617. The molecule has 0 unspecified atom stereocenters. The van der Waals surface area contributed by atoms with Crippen LogP contribution in [0.4, 0.5) is 22.0 Å². The maximum Gasteiger partial charge on any atom is 0.411 e. The molecule has 2 aromatic rings. The summed E-state index contributed by atoms with van der Waals surface area (Å²) in [5.74, 6) is -2.69. The molecule has 3 rings (SSSR count). The highest BCUT2D eigenvalue weighted by molar-refractivity contribution is 5.94. The Morgan fingerprint density at radius 3 is 2.24 bits per heavy atom. The van der Waals surface area contributed by atoms with Crippen LogP contribution < -0.4 is 5.32 Å². The molecule has 1 heterocycles. The molecule has 0 aliphatic carbocycles. The summed E-state index contributed by atoms with van der Waals surface area (Å²) in [6.07, 6.45) is -3.55. The molecule has 0 bridgehead atoms. The van der Waals surface area contributed by atoms with Crippen molar-refractivity contribution in [3.63, 3.8) is 0 Å². The van der Waals surface area contributed by atoms with E-state index in [1.54, 1.807) is 24.3 Å². The van der Waals surface area contributed by atoms with Crippen molar-refractivity contribution in [1.29, 1.82) is 0 Å². The van der Waals surface area contributed by atoms with Gasteiger partial charge in [-0.15, -0.1) is 0 Å². The van der Waals surface area contributed by atoms with Gasteiger partial charge in [-0.1, -0.05) is 24.3 Å². The third-order valence-corrected chi connectivity index (χ3v) is 5.34. The third-order valence-electron chi connectivity index (χ3n) is 5.34. The van der Waals surface area contributed by atoms with Gasteiger partial charge < -0.3 is 15.0 Å². The van der Waals surface area contributed by atoms with Crippen molar-refractivity contribution >= 4 is 11.8 Å². The maximum atomic E-state index is 13.9. The van der Waals surface area contributed by atoms with E-state index in [2.05, 4.69) is 10.1 Å². The van der Waals surface area contributed by atoms with Crippen molar-refractivity contribution in [3.8, 4) is 0 Å². The number of likely N-dealkylation sites (tertiary alicyclic amines) is 1. The van der Waals surface area contributed by atoms with Crippen LogP contribution in [0, 0.1) is 17.6 Å². The van der Waals surface area contributed by atoms with Gasteiger partial charge in [0.1, 0.15) is 18.2 Å². The first-order valence-corrected chi connectivity index (χ1v) is 10.4. The SMILES string of the molecule is O=C(NCc1ccc(COCC(F)(F)F)cc1)C1CCN(C(=O)c2ccc(F)cc2F)CC1. The van der Waals surface area contributed by atoms with Crippen molar-refractivity contribution in [2.75, 3.05) is 19.7 Å². The molecule has 1 aliphatic heterocycles. The summed E-state index contributed by atoms with van der Waals surface area (Å²) in [4.78, 5) is 26.4. The normalized spacial score (nSPS) is 14.9. The first-order chi connectivity index (χ1) is 15.6. The maximum absolute atomic E-state index is 13.9. The van der Waals surface area contributed by atoms with E-state index >= 15 is 0 Å². The molecule has 2 amide bonds. The number of nitrogens with zero attached hydrogens (tertiary/aromatic N) is 1. The Labute approximate surface area is 187 Å². The van der Waals surface area contributed by atoms with Crippen molar-refractivity contribution in [1.82, 2.24) is 10.2 Å². The van der Waals surface area contributed by atoms with E-state index in [9.17, 15) is 31.5 Å². The molecular formula is C23H23F5N2O3. The average molecular weight is 470 g/mol. The zero-order valence-electron chi connectivity index (χ0n) is 17.6. The number of hydrogen-bond donors (Lipinski definition) is 1. The number of nitrogens with one attached hydrogen (secondary N) is 1. The van der Waals surface area contributed by atoms with Crippen LogP contribution in [0.25, 0.3) is 0 Å². The summed E-state index contributed by atoms with van der Waals surface area (Å²) >= 11 is 0. The highest BCUT2D eigenvalue weighted by atomic mass is 19.4. The first-order valence-electron chi connectivity index (χ1n) is 10.4. The molecule has 1 saturated heterocycles. The van der Waals surface area contributed by atoms with Gasteiger partial charge in [-0.2, -0.15) is 13.2 Å². The minimum Gasteiger partial charge on any atom is -0.367 e. The van der Waals surface area contributed by atoms with Crippen molar-refractivity contribution in [2.24, 2.45) is 5.92 Å². The Kier molecular flexibility index (Phi) is 8.01. The zero-order valence-corrected chi connectivity index (χ0v) is 17.6. The number of rotatable bonds is 7. The molecule has 0 radical (unpaired) electrons. The van der Waals surface area contributed by atoms with Crippen molar-refractivity contribution in [2.45, 2.75) is 32.2 Å². The van der Waals surface area contributed by atoms with E-state index in [1.165, 1.54) is 4.90 Å². The smallest absolute Gasteiger partial charge is 0.367 e. The van der Waals surface area contributed by atoms with E-state index in [-0.39, 0.29) is 43.6 Å². The predicted octanol–water partition coefficient (Wildman–Crippen LogP) is 4.21. The van der Waals surface area contributed by atoms with Gasteiger partial charge in [-0.05, 0) is 36.1 Å². The van der Waals surface area contributed by atoms with Gasteiger partial charge in [0, 0.05) is 31.6 Å². The number of benzene rings is 2. The van der Waals surface area contributed by atoms with Gasteiger partial charge in [-0.25, -0.2) is 8.78 Å². The summed E-state index contributed by atoms with van der Waals surface area (Å²) < 4.78 is 67.8.